The van der Waals surface area contributed by atoms with Gasteiger partial charge < -0.3 is 5.32 Å². The van der Waals surface area contributed by atoms with E-state index >= 15 is 0 Å². The van der Waals surface area contributed by atoms with Gasteiger partial charge in [0, 0.05) is 38.0 Å². The fourth-order valence-corrected chi connectivity index (χ4v) is 4.75. The minimum absolute atomic E-state index is 0.0139. The van der Waals surface area contributed by atoms with Crippen LogP contribution in [0.5, 0.6) is 0 Å². The largest absolute Gasteiger partial charge is 0.351 e. The number of fused-ring (bicyclic) bond motifs is 1. The third-order valence-electron chi connectivity index (χ3n) is 5.14. The Kier molecular flexibility index (Phi) is 5.38. The second kappa shape index (κ2) is 7.90. The highest BCUT2D eigenvalue weighted by atomic mass is 32.1. The maximum absolute atomic E-state index is 11.1. The van der Waals surface area contributed by atoms with Crippen molar-refractivity contribution < 1.29 is 4.79 Å². The molecule has 0 bridgehead atoms. The Morgan fingerprint density at radius 1 is 1.15 bits per heavy atom. The summed E-state index contributed by atoms with van der Waals surface area (Å²) in [7, 11) is 0. The molecule has 0 saturated carbocycles. The lowest BCUT2D eigenvalue weighted by atomic mass is 10.2. The fraction of sp³-hybridized carbons (Fsp3) is 0.579. The number of thiophene rings is 1. The van der Waals surface area contributed by atoms with Crippen LogP contribution in [0.1, 0.15) is 41.6 Å². The van der Waals surface area contributed by atoms with Crippen LogP contribution in [0.15, 0.2) is 17.5 Å². The third-order valence-corrected chi connectivity index (χ3v) is 6.11. The summed E-state index contributed by atoms with van der Waals surface area (Å²) < 4.78 is 2.08. The molecule has 2 aromatic rings. The Morgan fingerprint density at radius 2 is 2.00 bits per heavy atom. The number of carbonyl (C=O) groups excluding carboxylic acids is 1. The Hall–Kier alpha value is -1.70. The summed E-state index contributed by atoms with van der Waals surface area (Å²) in [5.74, 6) is -0.0139. The van der Waals surface area contributed by atoms with E-state index in [4.69, 9.17) is 0 Å². The van der Waals surface area contributed by atoms with Gasteiger partial charge in [-0.05, 0) is 49.0 Å². The van der Waals surface area contributed by atoms with Crippen LogP contribution in [0.25, 0.3) is 0 Å². The Bertz CT molecular complexity index is 762. The van der Waals surface area contributed by atoms with Crippen molar-refractivity contribution in [3.05, 3.63) is 39.3 Å². The lowest BCUT2D eigenvalue weighted by Crippen LogP contribution is -2.33. The maximum Gasteiger partial charge on any atom is 0.217 e. The lowest BCUT2D eigenvalue weighted by Gasteiger charge is -2.26. The average molecular weight is 374 g/mol. The van der Waals surface area contributed by atoms with Crippen LogP contribution in [-0.2, 0) is 37.5 Å². The lowest BCUT2D eigenvalue weighted by molar-refractivity contribution is -0.119. The van der Waals surface area contributed by atoms with Crippen molar-refractivity contribution >= 4 is 17.2 Å². The molecule has 4 heterocycles. The topological polar surface area (TPSA) is 53.4 Å². The van der Waals surface area contributed by atoms with Gasteiger partial charge >= 0.3 is 0 Å². The summed E-state index contributed by atoms with van der Waals surface area (Å²) >= 11 is 1.89. The average Bonchev–Trinajstić information content (AvgIpc) is 3.34. The van der Waals surface area contributed by atoms with Crippen molar-refractivity contribution in [2.45, 2.75) is 52.5 Å². The van der Waals surface area contributed by atoms with Crippen LogP contribution >= 0.6 is 11.3 Å². The van der Waals surface area contributed by atoms with Crippen LogP contribution in [-0.4, -0.2) is 45.1 Å². The van der Waals surface area contributed by atoms with Crippen molar-refractivity contribution in [2.24, 2.45) is 0 Å². The highest BCUT2D eigenvalue weighted by Gasteiger charge is 2.19. The van der Waals surface area contributed by atoms with Gasteiger partial charge in [-0.1, -0.05) is 0 Å². The number of rotatable bonds is 6. The summed E-state index contributed by atoms with van der Waals surface area (Å²) in [6, 6.07) is 4.51. The SMILES string of the molecule is CC(=O)NCc1cc2n(n1)CCN(Cc1cc(CN3CCCC3)cs1)C2. The first kappa shape index (κ1) is 17.7. The van der Waals surface area contributed by atoms with Gasteiger partial charge in [0.15, 0.2) is 0 Å². The van der Waals surface area contributed by atoms with E-state index in [0.29, 0.717) is 6.54 Å². The standard InChI is InChI=1S/C19H27N5OS/c1-15(25)20-10-17-9-18-12-23(6-7-24(18)21-17)13-19-8-16(14-26-19)11-22-4-2-3-5-22/h8-9,14H,2-7,10-13H2,1H3,(H,20,25). The highest BCUT2D eigenvalue weighted by molar-refractivity contribution is 7.10. The Labute approximate surface area is 158 Å². The second-order valence-electron chi connectivity index (χ2n) is 7.38. The predicted molar refractivity (Wildman–Crippen MR) is 103 cm³/mol. The Morgan fingerprint density at radius 3 is 2.81 bits per heavy atom. The zero-order valence-corrected chi connectivity index (χ0v) is 16.2. The number of carbonyl (C=O) groups is 1. The van der Waals surface area contributed by atoms with Gasteiger partial charge in [0.1, 0.15) is 0 Å². The minimum Gasteiger partial charge on any atom is -0.351 e. The van der Waals surface area contributed by atoms with E-state index < -0.39 is 0 Å². The first-order chi connectivity index (χ1) is 12.7. The first-order valence-electron chi connectivity index (χ1n) is 9.47. The molecule has 0 aromatic carbocycles. The molecule has 26 heavy (non-hydrogen) atoms. The van der Waals surface area contributed by atoms with E-state index in [2.05, 4.69) is 42.4 Å². The minimum atomic E-state index is -0.0139. The van der Waals surface area contributed by atoms with Crippen LogP contribution in [0.4, 0.5) is 0 Å². The molecule has 2 aliphatic rings. The highest BCUT2D eigenvalue weighted by Crippen LogP contribution is 2.22. The third kappa shape index (κ3) is 4.34. The van der Waals surface area contributed by atoms with Gasteiger partial charge in [0.2, 0.25) is 5.91 Å². The van der Waals surface area contributed by atoms with Crippen molar-refractivity contribution in [2.75, 3.05) is 19.6 Å². The summed E-state index contributed by atoms with van der Waals surface area (Å²) in [6.07, 6.45) is 2.70. The van der Waals surface area contributed by atoms with Gasteiger partial charge in [-0.15, -0.1) is 11.3 Å². The van der Waals surface area contributed by atoms with Crippen LogP contribution < -0.4 is 5.32 Å². The molecule has 0 radical (unpaired) electrons. The number of hydrogen-bond acceptors (Lipinski definition) is 5. The molecule has 0 unspecified atom stereocenters. The van der Waals surface area contributed by atoms with Crippen molar-refractivity contribution in [3.8, 4) is 0 Å². The van der Waals surface area contributed by atoms with Crippen molar-refractivity contribution in [1.29, 1.82) is 0 Å². The van der Waals surface area contributed by atoms with Crippen molar-refractivity contribution in [1.82, 2.24) is 24.9 Å². The van der Waals surface area contributed by atoms with E-state index in [9.17, 15) is 4.79 Å². The summed E-state index contributed by atoms with van der Waals surface area (Å²) in [5.41, 5.74) is 3.65. The number of aromatic nitrogens is 2. The monoisotopic (exact) mass is 373 g/mol. The quantitative estimate of drug-likeness (QED) is 0.843. The van der Waals surface area contributed by atoms with Crippen LogP contribution in [0.3, 0.4) is 0 Å². The number of likely N-dealkylation sites (tertiary alicyclic amines) is 1. The molecule has 140 valence electrons. The van der Waals surface area contributed by atoms with E-state index in [1.165, 1.54) is 49.0 Å². The van der Waals surface area contributed by atoms with Gasteiger partial charge in [-0.25, -0.2) is 0 Å². The second-order valence-corrected chi connectivity index (χ2v) is 8.37. The molecule has 0 aliphatic carbocycles. The smallest absolute Gasteiger partial charge is 0.217 e. The number of amides is 1. The normalized spacial score (nSPS) is 18.2. The molecule has 1 N–H and O–H groups in total. The number of nitrogens with zero attached hydrogens (tertiary/aromatic N) is 4. The molecular formula is C19H27N5OS. The zero-order chi connectivity index (χ0) is 17.9. The molecule has 2 aliphatic heterocycles. The van der Waals surface area contributed by atoms with Crippen LogP contribution in [0.2, 0.25) is 0 Å². The van der Waals surface area contributed by atoms with Gasteiger partial charge in [0.25, 0.3) is 0 Å². The van der Waals surface area contributed by atoms with E-state index in [1.54, 1.807) is 0 Å². The molecule has 7 heteroatoms. The van der Waals surface area contributed by atoms with Gasteiger partial charge in [-0.3, -0.25) is 19.3 Å². The molecule has 1 fully saturated rings. The first-order valence-corrected chi connectivity index (χ1v) is 10.3. The van der Waals surface area contributed by atoms with Gasteiger partial charge in [-0.2, -0.15) is 5.10 Å². The van der Waals surface area contributed by atoms with E-state index in [1.807, 2.05) is 11.3 Å². The summed E-state index contributed by atoms with van der Waals surface area (Å²) in [5, 5.41) is 9.75. The van der Waals surface area contributed by atoms with Crippen molar-refractivity contribution in [3.63, 3.8) is 0 Å². The van der Waals surface area contributed by atoms with E-state index in [-0.39, 0.29) is 5.91 Å². The molecule has 1 amide bonds. The number of hydrogen-bond donors (Lipinski definition) is 1. The summed E-state index contributed by atoms with van der Waals surface area (Å²) in [4.78, 5) is 17.6. The van der Waals surface area contributed by atoms with Crippen LogP contribution in [0, 0.1) is 0 Å². The molecule has 6 nitrogen and oxygen atoms in total. The fourth-order valence-electron chi connectivity index (χ4n) is 3.83. The molecule has 0 atom stereocenters. The summed E-state index contributed by atoms with van der Waals surface area (Å²) in [6.45, 7) is 9.54. The maximum atomic E-state index is 11.1. The van der Waals surface area contributed by atoms with Gasteiger partial charge in [0.05, 0.1) is 24.5 Å². The number of nitrogens with one attached hydrogen (secondary N) is 1. The zero-order valence-electron chi connectivity index (χ0n) is 15.4. The molecule has 0 spiro atoms. The predicted octanol–water partition coefficient (Wildman–Crippen LogP) is 2.19. The molecule has 2 aromatic heterocycles. The van der Waals surface area contributed by atoms with E-state index in [0.717, 1.165) is 38.4 Å². The molecule has 1 saturated heterocycles. The molecule has 4 rings (SSSR count). The molecular weight excluding hydrogens is 346 g/mol. The Balaban J connectivity index is 1.32.